The average Bonchev–Trinajstić information content (AvgIpc) is 2.97. The van der Waals surface area contributed by atoms with Gasteiger partial charge in [-0.3, -0.25) is 14.9 Å². The lowest BCUT2D eigenvalue weighted by Crippen LogP contribution is -2.45. The maximum Gasteiger partial charge on any atom is 0.324 e. The third-order valence-corrected chi connectivity index (χ3v) is 4.79. The van der Waals surface area contributed by atoms with Crippen LogP contribution in [0, 0.1) is 5.41 Å². The van der Waals surface area contributed by atoms with Crippen molar-refractivity contribution < 1.29 is 19.5 Å². The molecular weight excluding hydrogens is 272 g/mol. The molecule has 0 spiro atoms. The summed E-state index contributed by atoms with van der Waals surface area (Å²) in [7, 11) is 0. The molecule has 0 aromatic rings. The molecule has 1 aliphatic heterocycles. The summed E-state index contributed by atoms with van der Waals surface area (Å²) >= 11 is 0. The average molecular weight is 296 g/mol. The maximum absolute atomic E-state index is 12.1. The number of nitrogens with one attached hydrogen (secondary N) is 1. The zero-order valence-electron chi connectivity index (χ0n) is 12.6. The van der Waals surface area contributed by atoms with E-state index in [-0.39, 0.29) is 30.8 Å². The van der Waals surface area contributed by atoms with Crippen LogP contribution in [0.3, 0.4) is 0 Å². The van der Waals surface area contributed by atoms with Crippen LogP contribution in [0.5, 0.6) is 0 Å². The Morgan fingerprint density at radius 3 is 2.38 bits per heavy atom. The molecule has 2 rings (SSSR count). The molecule has 3 amide bonds. The number of hydrogen-bond acceptors (Lipinski definition) is 3. The number of amides is 3. The van der Waals surface area contributed by atoms with Gasteiger partial charge in [-0.1, -0.05) is 12.8 Å². The van der Waals surface area contributed by atoms with Crippen LogP contribution in [0.15, 0.2) is 0 Å². The van der Waals surface area contributed by atoms with Crippen molar-refractivity contribution in [2.45, 2.75) is 64.3 Å². The van der Waals surface area contributed by atoms with Gasteiger partial charge in [0.15, 0.2) is 0 Å². The van der Waals surface area contributed by atoms with E-state index in [0.717, 1.165) is 38.5 Å². The zero-order chi connectivity index (χ0) is 15.5. The Hall–Kier alpha value is -1.59. The summed E-state index contributed by atoms with van der Waals surface area (Å²) in [4.78, 5) is 36.8. The molecule has 1 saturated carbocycles. The van der Waals surface area contributed by atoms with E-state index < -0.39 is 11.4 Å². The molecule has 2 aliphatic rings. The number of aliphatic carboxylic acids is 1. The first-order chi connectivity index (χ1) is 9.92. The van der Waals surface area contributed by atoms with Crippen molar-refractivity contribution in [1.29, 1.82) is 0 Å². The van der Waals surface area contributed by atoms with Crippen LogP contribution in [-0.4, -0.2) is 40.5 Å². The Bertz CT molecular complexity index is 429. The molecule has 2 fully saturated rings. The molecule has 0 aromatic carbocycles. The summed E-state index contributed by atoms with van der Waals surface area (Å²) in [5.74, 6) is -1.22. The monoisotopic (exact) mass is 296 g/mol. The molecule has 118 valence electrons. The van der Waals surface area contributed by atoms with Gasteiger partial charge in [0.1, 0.15) is 0 Å². The smallest absolute Gasteiger partial charge is 0.324 e. The van der Waals surface area contributed by atoms with Gasteiger partial charge in [-0.15, -0.1) is 0 Å². The quantitative estimate of drug-likeness (QED) is 0.832. The zero-order valence-corrected chi connectivity index (χ0v) is 12.6. The van der Waals surface area contributed by atoms with Gasteiger partial charge in [0.2, 0.25) is 5.91 Å². The minimum absolute atomic E-state index is 0.00866. The van der Waals surface area contributed by atoms with Gasteiger partial charge in [-0.05, 0) is 38.0 Å². The number of carboxylic acids is 1. The number of rotatable bonds is 4. The molecule has 0 radical (unpaired) electrons. The first kappa shape index (κ1) is 15.8. The van der Waals surface area contributed by atoms with E-state index in [1.54, 1.807) is 4.90 Å². The second-order valence-corrected chi connectivity index (χ2v) is 6.49. The molecule has 0 aromatic heterocycles. The molecule has 6 heteroatoms. The summed E-state index contributed by atoms with van der Waals surface area (Å²) in [5, 5.41) is 11.5. The molecule has 1 aliphatic carbocycles. The highest BCUT2D eigenvalue weighted by molar-refractivity contribution is 5.95. The fourth-order valence-corrected chi connectivity index (χ4v) is 3.67. The van der Waals surface area contributed by atoms with Crippen molar-refractivity contribution in [2.75, 3.05) is 6.54 Å². The van der Waals surface area contributed by atoms with Gasteiger partial charge in [-0.2, -0.15) is 0 Å². The van der Waals surface area contributed by atoms with Gasteiger partial charge in [-0.25, -0.2) is 4.79 Å². The SMILES string of the molecule is CC1CCCN1C(=O)NC(=O)CC1(CC(=O)O)CCCC1. The first-order valence-corrected chi connectivity index (χ1v) is 7.74. The van der Waals surface area contributed by atoms with Crippen molar-refractivity contribution in [1.82, 2.24) is 10.2 Å². The van der Waals surface area contributed by atoms with E-state index in [9.17, 15) is 14.4 Å². The van der Waals surface area contributed by atoms with E-state index in [1.807, 2.05) is 6.92 Å². The van der Waals surface area contributed by atoms with Crippen molar-refractivity contribution >= 4 is 17.9 Å². The highest BCUT2D eigenvalue weighted by Gasteiger charge is 2.38. The van der Waals surface area contributed by atoms with Gasteiger partial charge < -0.3 is 10.0 Å². The Balaban J connectivity index is 1.90. The fourth-order valence-electron chi connectivity index (χ4n) is 3.67. The number of imide groups is 1. The van der Waals surface area contributed by atoms with Crippen molar-refractivity contribution in [3.05, 3.63) is 0 Å². The largest absolute Gasteiger partial charge is 0.481 e. The second kappa shape index (κ2) is 6.45. The van der Waals surface area contributed by atoms with E-state index in [4.69, 9.17) is 5.11 Å². The minimum atomic E-state index is -0.871. The Morgan fingerprint density at radius 2 is 1.86 bits per heavy atom. The van der Waals surface area contributed by atoms with Crippen LogP contribution in [-0.2, 0) is 9.59 Å². The van der Waals surface area contributed by atoms with Crippen molar-refractivity contribution in [2.24, 2.45) is 5.41 Å². The highest BCUT2D eigenvalue weighted by Crippen LogP contribution is 2.44. The number of carbonyl (C=O) groups excluding carboxylic acids is 2. The third kappa shape index (κ3) is 3.95. The van der Waals surface area contributed by atoms with E-state index in [1.165, 1.54) is 0 Å². The summed E-state index contributed by atoms with van der Waals surface area (Å²) in [5.41, 5.74) is -0.465. The summed E-state index contributed by atoms with van der Waals surface area (Å²) in [6, 6.07) is -0.175. The lowest BCUT2D eigenvalue weighted by Gasteiger charge is -2.27. The predicted molar refractivity (Wildman–Crippen MR) is 76.7 cm³/mol. The van der Waals surface area contributed by atoms with E-state index >= 15 is 0 Å². The van der Waals surface area contributed by atoms with Crippen LogP contribution >= 0.6 is 0 Å². The number of carbonyl (C=O) groups is 3. The predicted octanol–water partition coefficient (Wildman–Crippen LogP) is 2.13. The lowest BCUT2D eigenvalue weighted by molar-refractivity contribution is -0.140. The standard InChI is InChI=1S/C15H24N2O4/c1-11-5-4-8-17(11)14(21)16-12(18)9-15(10-13(19)20)6-2-3-7-15/h11H,2-10H2,1H3,(H,19,20)(H,16,18,21). The summed E-state index contributed by atoms with van der Waals surface area (Å²) < 4.78 is 0. The van der Waals surface area contributed by atoms with Crippen LogP contribution < -0.4 is 5.32 Å². The fraction of sp³-hybridized carbons (Fsp3) is 0.800. The lowest BCUT2D eigenvalue weighted by atomic mass is 9.79. The molecule has 1 saturated heterocycles. The topological polar surface area (TPSA) is 86.7 Å². The molecule has 2 N–H and O–H groups in total. The molecule has 1 heterocycles. The Kier molecular flexibility index (Phi) is 4.85. The number of likely N-dealkylation sites (tertiary alicyclic amines) is 1. The minimum Gasteiger partial charge on any atom is -0.481 e. The molecule has 1 unspecified atom stereocenters. The number of hydrogen-bond donors (Lipinski definition) is 2. The van der Waals surface area contributed by atoms with E-state index in [0.29, 0.717) is 6.54 Å². The number of nitrogens with zero attached hydrogens (tertiary/aromatic N) is 1. The Labute approximate surface area is 124 Å². The van der Waals surface area contributed by atoms with Crippen LogP contribution in [0.1, 0.15) is 58.3 Å². The highest BCUT2D eigenvalue weighted by atomic mass is 16.4. The van der Waals surface area contributed by atoms with Crippen LogP contribution in [0.25, 0.3) is 0 Å². The van der Waals surface area contributed by atoms with Gasteiger partial charge in [0.05, 0.1) is 6.42 Å². The first-order valence-electron chi connectivity index (χ1n) is 7.74. The Morgan fingerprint density at radius 1 is 1.19 bits per heavy atom. The van der Waals surface area contributed by atoms with Gasteiger partial charge in [0.25, 0.3) is 0 Å². The molecule has 21 heavy (non-hydrogen) atoms. The third-order valence-electron chi connectivity index (χ3n) is 4.79. The van der Waals surface area contributed by atoms with E-state index in [2.05, 4.69) is 5.32 Å². The number of carboxylic acid groups (broad SMARTS) is 1. The summed E-state index contributed by atoms with van der Waals surface area (Å²) in [6.45, 7) is 2.65. The molecule has 0 bridgehead atoms. The van der Waals surface area contributed by atoms with Crippen LogP contribution in [0.4, 0.5) is 4.79 Å². The van der Waals surface area contributed by atoms with Crippen molar-refractivity contribution in [3.8, 4) is 0 Å². The van der Waals surface area contributed by atoms with Gasteiger partial charge >= 0.3 is 12.0 Å². The second-order valence-electron chi connectivity index (χ2n) is 6.49. The van der Waals surface area contributed by atoms with Gasteiger partial charge in [0, 0.05) is 19.0 Å². The normalized spacial score (nSPS) is 24.0. The number of urea groups is 1. The molecular formula is C15H24N2O4. The van der Waals surface area contributed by atoms with Crippen LogP contribution in [0.2, 0.25) is 0 Å². The molecule has 6 nitrogen and oxygen atoms in total. The molecule has 1 atom stereocenters. The maximum atomic E-state index is 12.1. The van der Waals surface area contributed by atoms with Crippen molar-refractivity contribution in [3.63, 3.8) is 0 Å². The summed E-state index contributed by atoms with van der Waals surface area (Å²) in [6.07, 6.45) is 5.48.